The van der Waals surface area contributed by atoms with E-state index in [1.807, 2.05) is 6.07 Å². The Balaban J connectivity index is 1.44. The van der Waals surface area contributed by atoms with Gasteiger partial charge in [0.25, 0.3) is 0 Å². The van der Waals surface area contributed by atoms with E-state index in [1.165, 1.54) is 12.6 Å². The third-order valence-electron chi connectivity index (χ3n) is 4.31. The number of aromatic nitrogens is 2. The molecule has 1 aromatic carbocycles. The number of nitrogens with zero attached hydrogens (tertiary/aromatic N) is 3. The lowest BCUT2D eigenvalue weighted by atomic mass is 10.1. The number of aryl methyl sites for hydroxylation is 1. The van der Waals surface area contributed by atoms with Gasteiger partial charge in [-0.25, -0.2) is 0 Å². The minimum Gasteiger partial charge on any atom is -0.376 e. The average Bonchev–Trinajstić information content (AvgIpc) is 3.11. The van der Waals surface area contributed by atoms with E-state index in [-0.39, 0.29) is 17.9 Å². The van der Waals surface area contributed by atoms with Crippen LogP contribution in [0.4, 0.5) is 0 Å². The third-order valence-corrected chi connectivity index (χ3v) is 4.31. The molecule has 0 radical (unpaired) electrons. The molecule has 1 N–H and O–H groups in total. The lowest BCUT2D eigenvalue weighted by Crippen LogP contribution is -2.42. The molecule has 3 rings (SSSR count). The second kappa shape index (κ2) is 8.73. The van der Waals surface area contributed by atoms with Gasteiger partial charge in [-0.15, -0.1) is 0 Å². The Morgan fingerprint density at radius 2 is 2.20 bits per heavy atom. The fourth-order valence-corrected chi connectivity index (χ4v) is 2.99. The fraction of sp³-hybridized carbons (Fsp3) is 0.500. The van der Waals surface area contributed by atoms with Crippen LogP contribution in [0.15, 0.2) is 34.9 Å². The van der Waals surface area contributed by atoms with Gasteiger partial charge in [0.1, 0.15) is 0 Å². The van der Waals surface area contributed by atoms with Crippen molar-refractivity contribution in [2.45, 2.75) is 31.9 Å². The van der Waals surface area contributed by atoms with Gasteiger partial charge in [0.05, 0.1) is 19.3 Å². The van der Waals surface area contributed by atoms with Crippen LogP contribution in [0.5, 0.6) is 0 Å². The zero-order chi connectivity index (χ0) is 17.5. The highest BCUT2D eigenvalue weighted by Crippen LogP contribution is 2.15. The molecule has 7 nitrogen and oxygen atoms in total. The second-order valence-electron chi connectivity index (χ2n) is 6.20. The van der Waals surface area contributed by atoms with Gasteiger partial charge in [-0.2, -0.15) is 4.98 Å². The average molecular weight is 344 g/mol. The number of carbonyl (C=O) groups is 1. The number of carbonyl (C=O) groups excluding carboxylic acids is 1. The van der Waals surface area contributed by atoms with Crippen molar-refractivity contribution >= 4 is 5.91 Å². The Hall–Kier alpha value is -2.25. The van der Waals surface area contributed by atoms with Crippen molar-refractivity contribution in [1.29, 1.82) is 0 Å². The van der Waals surface area contributed by atoms with E-state index in [2.05, 4.69) is 44.6 Å². The summed E-state index contributed by atoms with van der Waals surface area (Å²) < 4.78 is 10.8. The van der Waals surface area contributed by atoms with Crippen molar-refractivity contribution in [2.75, 3.05) is 26.7 Å². The van der Waals surface area contributed by atoms with Crippen molar-refractivity contribution in [3.63, 3.8) is 0 Å². The Morgan fingerprint density at radius 3 is 3.00 bits per heavy atom. The summed E-state index contributed by atoms with van der Waals surface area (Å²) in [5, 5.41) is 6.35. The molecule has 0 aliphatic carbocycles. The normalized spacial score (nSPS) is 18.2. The van der Waals surface area contributed by atoms with Gasteiger partial charge in [-0.05, 0) is 24.8 Å². The summed E-state index contributed by atoms with van der Waals surface area (Å²) in [7, 11) is 1.54. The van der Waals surface area contributed by atoms with Crippen LogP contribution in [0.3, 0.4) is 0 Å². The molecule has 0 unspecified atom stereocenters. The monoisotopic (exact) mass is 344 g/mol. The van der Waals surface area contributed by atoms with Crippen molar-refractivity contribution in [2.24, 2.45) is 0 Å². The number of hydrogen-bond donors (Lipinski definition) is 1. The SMILES string of the molecule is CNC(=O)c1nc(CN2CCO[C@@H](CCCc3ccccc3)C2)no1. The molecule has 7 heteroatoms. The molecule has 1 aromatic heterocycles. The lowest BCUT2D eigenvalue weighted by molar-refractivity contribution is -0.0363. The summed E-state index contributed by atoms with van der Waals surface area (Å²) in [6.45, 7) is 2.95. The summed E-state index contributed by atoms with van der Waals surface area (Å²) in [5.74, 6) is 0.174. The molecule has 1 amide bonds. The molecule has 1 fully saturated rings. The largest absolute Gasteiger partial charge is 0.376 e. The van der Waals surface area contributed by atoms with Crippen LogP contribution in [0, 0.1) is 0 Å². The molecule has 134 valence electrons. The molecule has 0 bridgehead atoms. The Kier molecular flexibility index (Phi) is 6.14. The van der Waals surface area contributed by atoms with Crippen LogP contribution in [0.2, 0.25) is 0 Å². The highest BCUT2D eigenvalue weighted by atomic mass is 16.5. The van der Waals surface area contributed by atoms with E-state index in [1.54, 1.807) is 0 Å². The van der Waals surface area contributed by atoms with E-state index in [4.69, 9.17) is 9.26 Å². The molecular formula is C18H24N4O3. The molecule has 1 saturated heterocycles. The topological polar surface area (TPSA) is 80.5 Å². The molecule has 25 heavy (non-hydrogen) atoms. The van der Waals surface area contributed by atoms with E-state index < -0.39 is 0 Å². The molecular weight excluding hydrogens is 320 g/mol. The van der Waals surface area contributed by atoms with Gasteiger partial charge in [-0.3, -0.25) is 9.69 Å². The smallest absolute Gasteiger partial charge is 0.315 e. The quantitative estimate of drug-likeness (QED) is 0.823. The fourth-order valence-electron chi connectivity index (χ4n) is 2.99. The van der Waals surface area contributed by atoms with Gasteiger partial charge >= 0.3 is 11.8 Å². The maximum Gasteiger partial charge on any atom is 0.315 e. The maximum atomic E-state index is 11.5. The first kappa shape index (κ1) is 17.6. The van der Waals surface area contributed by atoms with Gasteiger partial charge in [-0.1, -0.05) is 35.5 Å². The Labute approximate surface area is 147 Å². The molecule has 0 saturated carbocycles. The molecule has 1 atom stereocenters. The van der Waals surface area contributed by atoms with Crippen molar-refractivity contribution < 1.29 is 14.1 Å². The lowest BCUT2D eigenvalue weighted by Gasteiger charge is -2.32. The van der Waals surface area contributed by atoms with Crippen LogP contribution in [0.25, 0.3) is 0 Å². The van der Waals surface area contributed by atoms with Crippen LogP contribution >= 0.6 is 0 Å². The summed E-state index contributed by atoms with van der Waals surface area (Å²) in [6, 6.07) is 10.5. The Morgan fingerprint density at radius 1 is 1.36 bits per heavy atom. The van der Waals surface area contributed by atoms with E-state index in [0.717, 1.165) is 32.4 Å². The van der Waals surface area contributed by atoms with E-state index in [0.29, 0.717) is 19.0 Å². The minimum absolute atomic E-state index is 0.00479. The summed E-state index contributed by atoms with van der Waals surface area (Å²) in [4.78, 5) is 17.8. The van der Waals surface area contributed by atoms with Crippen molar-refractivity contribution in [3.8, 4) is 0 Å². The highest BCUT2D eigenvalue weighted by molar-refractivity contribution is 5.89. The van der Waals surface area contributed by atoms with Crippen LogP contribution in [-0.4, -0.2) is 53.8 Å². The van der Waals surface area contributed by atoms with Gasteiger partial charge in [0.2, 0.25) is 0 Å². The molecule has 1 aliphatic rings. The number of ether oxygens (including phenoxy) is 1. The maximum absolute atomic E-state index is 11.5. The number of rotatable bonds is 7. The third kappa shape index (κ3) is 5.11. The van der Waals surface area contributed by atoms with Crippen LogP contribution < -0.4 is 5.32 Å². The molecule has 0 spiro atoms. The van der Waals surface area contributed by atoms with Crippen LogP contribution in [0.1, 0.15) is 34.9 Å². The standard InChI is InChI=1S/C18H24N4O3/c1-19-17(23)18-20-16(21-25-18)13-22-10-11-24-15(12-22)9-5-8-14-6-3-2-4-7-14/h2-4,6-7,15H,5,8-13H2,1H3,(H,19,23)/t15-/m0/s1. The van der Waals surface area contributed by atoms with E-state index in [9.17, 15) is 4.79 Å². The molecule has 2 aromatic rings. The zero-order valence-electron chi connectivity index (χ0n) is 14.5. The first-order chi connectivity index (χ1) is 12.2. The van der Waals surface area contributed by atoms with Crippen molar-refractivity contribution in [1.82, 2.24) is 20.4 Å². The second-order valence-corrected chi connectivity index (χ2v) is 6.20. The zero-order valence-corrected chi connectivity index (χ0v) is 14.5. The minimum atomic E-state index is -0.362. The highest BCUT2D eigenvalue weighted by Gasteiger charge is 2.22. The summed E-state index contributed by atoms with van der Waals surface area (Å²) >= 11 is 0. The van der Waals surface area contributed by atoms with Gasteiger partial charge in [0.15, 0.2) is 5.82 Å². The number of hydrogen-bond acceptors (Lipinski definition) is 6. The first-order valence-electron chi connectivity index (χ1n) is 8.67. The molecule has 2 heterocycles. The van der Waals surface area contributed by atoms with Crippen LogP contribution in [-0.2, 0) is 17.7 Å². The number of benzene rings is 1. The summed E-state index contributed by atoms with van der Waals surface area (Å²) in [5.41, 5.74) is 1.36. The first-order valence-corrected chi connectivity index (χ1v) is 8.67. The predicted molar refractivity (Wildman–Crippen MR) is 92.1 cm³/mol. The van der Waals surface area contributed by atoms with Crippen molar-refractivity contribution in [3.05, 3.63) is 47.6 Å². The number of morpholine rings is 1. The Bertz CT molecular complexity index is 674. The van der Waals surface area contributed by atoms with Gasteiger partial charge < -0.3 is 14.6 Å². The molecule has 1 aliphatic heterocycles. The summed E-state index contributed by atoms with van der Waals surface area (Å²) in [6.07, 6.45) is 3.43. The predicted octanol–water partition coefficient (Wildman–Crippen LogP) is 1.65. The van der Waals surface area contributed by atoms with Gasteiger partial charge in [0, 0.05) is 20.1 Å². The van der Waals surface area contributed by atoms with E-state index >= 15 is 0 Å². The number of amides is 1. The number of nitrogens with one attached hydrogen (secondary N) is 1.